The van der Waals surface area contributed by atoms with E-state index in [1.165, 1.54) is 51.4 Å². The van der Waals surface area contributed by atoms with Crippen LogP contribution in [0.5, 0.6) is 0 Å². The average Bonchev–Trinajstić information content (AvgIpc) is 2.60. The van der Waals surface area contributed by atoms with Gasteiger partial charge in [-0.1, -0.05) is 53.4 Å². The molecule has 2 saturated carbocycles. The molecule has 0 N–H and O–H groups in total. The van der Waals surface area contributed by atoms with Crippen molar-refractivity contribution in [1.29, 1.82) is 0 Å². The molecule has 2 rings (SSSR count). The van der Waals surface area contributed by atoms with Gasteiger partial charge in [-0.15, -0.1) is 0 Å². The summed E-state index contributed by atoms with van der Waals surface area (Å²) in [5, 5.41) is 0. The van der Waals surface area contributed by atoms with Crippen molar-refractivity contribution in [2.24, 2.45) is 10.8 Å². The third kappa shape index (κ3) is 4.48. The van der Waals surface area contributed by atoms with E-state index in [4.69, 9.17) is 0 Å². The molecular weight excluding hydrogens is 168 g/mol. The van der Waals surface area contributed by atoms with Crippen LogP contribution < -0.4 is 0 Å². The lowest BCUT2D eigenvalue weighted by Gasteiger charge is -2.13. The highest BCUT2D eigenvalue weighted by Gasteiger charge is 2.22. The Morgan fingerprint density at radius 1 is 0.500 bits per heavy atom. The molecule has 0 aromatic carbocycles. The fraction of sp³-hybridized carbons (Fsp3) is 1.00. The Kier molecular flexibility index (Phi) is 4.04. The first kappa shape index (κ1) is 12.1. The summed E-state index contributed by atoms with van der Waals surface area (Å²) >= 11 is 0. The van der Waals surface area contributed by atoms with Gasteiger partial charge in [0.25, 0.3) is 0 Å². The van der Waals surface area contributed by atoms with Gasteiger partial charge in [-0.25, -0.2) is 0 Å². The summed E-state index contributed by atoms with van der Waals surface area (Å²) < 4.78 is 0. The van der Waals surface area contributed by atoms with Crippen molar-refractivity contribution in [3.05, 3.63) is 0 Å². The summed E-state index contributed by atoms with van der Waals surface area (Å²) in [7, 11) is 0. The van der Waals surface area contributed by atoms with Crippen molar-refractivity contribution in [2.75, 3.05) is 0 Å². The molecule has 0 nitrogen and oxygen atoms in total. The minimum atomic E-state index is 0.694. The number of hydrogen-bond acceptors (Lipinski definition) is 0. The van der Waals surface area contributed by atoms with E-state index in [1.54, 1.807) is 0 Å². The number of hydrogen-bond donors (Lipinski definition) is 0. The summed E-state index contributed by atoms with van der Waals surface area (Å²) in [6.45, 7) is 9.44. The summed E-state index contributed by atoms with van der Waals surface area (Å²) in [6.07, 6.45) is 11.7. The normalized spacial score (nSPS) is 28.3. The average molecular weight is 196 g/mol. The minimum absolute atomic E-state index is 0.694. The molecule has 84 valence electrons. The Morgan fingerprint density at radius 3 is 0.786 bits per heavy atom. The van der Waals surface area contributed by atoms with Crippen molar-refractivity contribution in [1.82, 2.24) is 0 Å². The zero-order chi connectivity index (χ0) is 10.7. The summed E-state index contributed by atoms with van der Waals surface area (Å²) in [6, 6.07) is 0. The minimum Gasteiger partial charge on any atom is -0.0599 e. The van der Waals surface area contributed by atoms with Crippen molar-refractivity contribution in [3.8, 4) is 0 Å². The van der Waals surface area contributed by atoms with Crippen LogP contribution in [0.25, 0.3) is 0 Å². The molecule has 0 heterocycles. The van der Waals surface area contributed by atoms with Crippen LogP contribution in [-0.2, 0) is 0 Å². The summed E-state index contributed by atoms with van der Waals surface area (Å²) in [5.74, 6) is 0. The third-order valence-corrected chi connectivity index (χ3v) is 3.91. The van der Waals surface area contributed by atoms with Crippen molar-refractivity contribution < 1.29 is 0 Å². The summed E-state index contributed by atoms with van der Waals surface area (Å²) in [5.41, 5.74) is 1.39. The third-order valence-electron chi connectivity index (χ3n) is 3.91. The maximum absolute atomic E-state index is 2.36. The molecule has 0 bridgehead atoms. The van der Waals surface area contributed by atoms with Crippen molar-refractivity contribution >= 4 is 0 Å². The lowest BCUT2D eigenvalue weighted by atomic mass is 9.92. The molecule has 0 saturated heterocycles. The monoisotopic (exact) mass is 196 g/mol. The Bertz CT molecular complexity index is 129. The SMILES string of the molecule is CC1(C)CCCC1.CC1(C)CCCC1. The zero-order valence-electron chi connectivity index (χ0n) is 10.7. The first-order valence-electron chi connectivity index (χ1n) is 6.41. The Labute approximate surface area is 90.5 Å². The first-order valence-corrected chi connectivity index (χ1v) is 6.41. The van der Waals surface area contributed by atoms with Crippen LogP contribution in [0.1, 0.15) is 79.1 Å². The van der Waals surface area contributed by atoms with E-state index in [1.807, 2.05) is 0 Å². The van der Waals surface area contributed by atoms with Gasteiger partial charge in [-0.05, 0) is 36.5 Å². The zero-order valence-corrected chi connectivity index (χ0v) is 10.7. The van der Waals surface area contributed by atoms with Crippen LogP contribution in [0.2, 0.25) is 0 Å². The molecule has 0 unspecified atom stereocenters. The molecular formula is C14H28. The molecule has 0 aromatic rings. The van der Waals surface area contributed by atoms with Gasteiger partial charge in [0.15, 0.2) is 0 Å². The van der Waals surface area contributed by atoms with Crippen LogP contribution in [0, 0.1) is 10.8 Å². The van der Waals surface area contributed by atoms with Gasteiger partial charge >= 0.3 is 0 Å². The Hall–Kier alpha value is 0. The molecule has 0 atom stereocenters. The van der Waals surface area contributed by atoms with E-state index in [2.05, 4.69) is 27.7 Å². The maximum Gasteiger partial charge on any atom is -0.0354 e. The standard InChI is InChI=1S/2C7H14/c2*1-7(2)5-3-4-6-7/h2*3-6H2,1-2H3. The quantitative estimate of drug-likeness (QED) is 0.501. The molecule has 0 aliphatic heterocycles. The fourth-order valence-electron chi connectivity index (χ4n) is 2.66. The van der Waals surface area contributed by atoms with Gasteiger partial charge in [0.05, 0.1) is 0 Å². The van der Waals surface area contributed by atoms with E-state index < -0.39 is 0 Å². The second-order valence-electron chi connectivity index (χ2n) is 6.74. The van der Waals surface area contributed by atoms with E-state index in [9.17, 15) is 0 Å². The predicted octanol–water partition coefficient (Wildman–Crippen LogP) is 5.17. The summed E-state index contributed by atoms with van der Waals surface area (Å²) in [4.78, 5) is 0. The molecule has 2 aliphatic carbocycles. The van der Waals surface area contributed by atoms with Gasteiger partial charge in [-0.2, -0.15) is 0 Å². The van der Waals surface area contributed by atoms with E-state index in [0.29, 0.717) is 10.8 Å². The first-order chi connectivity index (χ1) is 6.41. The highest BCUT2D eigenvalue weighted by atomic mass is 14.3. The second kappa shape index (κ2) is 4.68. The second-order valence-corrected chi connectivity index (χ2v) is 6.74. The van der Waals surface area contributed by atoms with Crippen LogP contribution in [0.4, 0.5) is 0 Å². The predicted molar refractivity (Wildman–Crippen MR) is 64.5 cm³/mol. The largest absolute Gasteiger partial charge is 0.0599 e. The maximum atomic E-state index is 2.36. The molecule has 0 heteroatoms. The van der Waals surface area contributed by atoms with Gasteiger partial charge in [0.2, 0.25) is 0 Å². The van der Waals surface area contributed by atoms with Crippen LogP contribution in [0.15, 0.2) is 0 Å². The van der Waals surface area contributed by atoms with E-state index >= 15 is 0 Å². The molecule has 0 radical (unpaired) electrons. The van der Waals surface area contributed by atoms with Gasteiger partial charge < -0.3 is 0 Å². The van der Waals surface area contributed by atoms with Crippen molar-refractivity contribution in [3.63, 3.8) is 0 Å². The lowest BCUT2D eigenvalue weighted by Crippen LogP contribution is -2.01. The van der Waals surface area contributed by atoms with Crippen LogP contribution in [0.3, 0.4) is 0 Å². The lowest BCUT2D eigenvalue weighted by molar-refractivity contribution is 0.382. The molecule has 2 aliphatic rings. The smallest absolute Gasteiger partial charge is 0.0354 e. The topological polar surface area (TPSA) is 0 Å². The Balaban J connectivity index is 0.000000140. The number of rotatable bonds is 0. The molecule has 0 spiro atoms. The van der Waals surface area contributed by atoms with E-state index in [-0.39, 0.29) is 0 Å². The van der Waals surface area contributed by atoms with Crippen LogP contribution >= 0.6 is 0 Å². The van der Waals surface area contributed by atoms with Gasteiger partial charge in [0.1, 0.15) is 0 Å². The Morgan fingerprint density at radius 2 is 0.714 bits per heavy atom. The van der Waals surface area contributed by atoms with Gasteiger partial charge in [0, 0.05) is 0 Å². The molecule has 14 heavy (non-hydrogen) atoms. The van der Waals surface area contributed by atoms with E-state index in [0.717, 1.165) is 0 Å². The highest BCUT2D eigenvalue weighted by molar-refractivity contribution is 4.75. The van der Waals surface area contributed by atoms with Gasteiger partial charge in [-0.3, -0.25) is 0 Å². The molecule has 0 amide bonds. The van der Waals surface area contributed by atoms with Crippen molar-refractivity contribution in [2.45, 2.75) is 79.1 Å². The highest BCUT2D eigenvalue weighted by Crippen LogP contribution is 2.36. The fourth-order valence-corrected chi connectivity index (χ4v) is 2.66. The molecule has 0 aromatic heterocycles. The van der Waals surface area contributed by atoms with Crippen LogP contribution in [-0.4, -0.2) is 0 Å². The molecule has 2 fully saturated rings.